The van der Waals surface area contributed by atoms with Gasteiger partial charge in [0.05, 0.1) is 7.11 Å². The summed E-state index contributed by atoms with van der Waals surface area (Å²) in [5.74, 6) is 0.563. The number of aromatic nitrogens is 2. The van der Waals surface area contributed by atoms with Crippen molar-refractivity contribution >= 4 is 22.4 Å². The van der Waals surface area contributed by atoms with Crippen molar-refractivity contribution in [1.82, 2.24) is 20.2 Å². The summed E-state index contributed by atoms with van der Waals surface area (Å²) in [5.41, 5.74) is 1.22. The Hall–Kier alpha value is -2.03. The van der Waals surface area contributed by atoms with Crippen LogP contribution in [0.15, 0.2) is 24.5 Å². The molecule has 2 N–H and O–H groups in total. The molecule has 8 heteroatoms. The highest BCUT2D eigenvalue weighted by Crippen LogP contribution is 2.22. The maximum absolute atomic E-state index is 11.2. The van der Waals surface area contributed by atoms with Crippen LogP contribution in [0.4, 0.5) is 5.13 Å². The van der Waals surface area contributed by atoms with Crippen LogP contribution in [-0.2, 0) is 17.8 Å². The Morgan fingerprint density at radius 2 is 2.35 bits per heavy atom. The smallest absolute Gasteiger partial charge is 0.223 e. The summed E-state index contributed by atoms with van der Waals surface area (Å²) in [6.07, 6.45) is 4.58. The molecule has 1 saturated heterocycles. The molecule has 0 aromatic carbocycles. The fourth-order valence-electron chi connectivity index (χ4n) is 3.11. The number of pyridine rings is 1. The van der Waals surface area contributed by atoms with Crippen LogP contribution in [-0.4, -0.2) is 53.1 Å². The van der Waals surface area contributed by atoms with Crippen molar-refractivity contribution in [3.05, 3.63) is 35.0 Å². The summed E-state index contributed by atoms with van der Waals surface area (Å²) in [4.78, 5) is 23.2. The lowest BCUT2D eigenvalue weighted by molar-refractivity contribution is -0.114. The predicted molar refractivity (Wildman–Crippen MR) is 103 cm³/mol. The van der Waals surface area contributed by atoms with Gasteiger partial charge in [0, 0.05) is 62.0 Å². The highest BCUT2D eigenvalue weighted by atomic mass is 32.1. The summed E-state index contributed by atoms with van der Waals surface area (Å²) >= 11 is 1.54. The number of ether oxygens (including phenoxy) is 1. The fourth-order valence-corrected chi connectivity index (χ4v) is 4.00. The first-order valence-corrected chi connectivity index (χ1v) is 9.53. The monoisotopic (exact) mass is 375 g/mol. The molecule has 0 saturated carbocycles. The van der Waals surface area contributed by atoms with E-state index in [1.807, 2.05) is 18.3 Å². The minimum Gasteiger partial charge on any atom is -0.481 e. The highest BCUT2D eigenvalue weighted by Gasteiger charge is 2.25. The Labute approximate surface area is 157 Å². The standard InChI is InChI=1S/C18H25N5O2S/c1-12-8-20-15(6-14-4-5-19-17(7-14)25-3)10-23(12)11-16-9-21-18(26-16)22-13(2)24/h4-5,7,9,12,15,20H,6,8,10-11H2,1-3H3,(H,21,22,24)/t12-,15+/m0/s1. The first kappa shape index (κ1) is 18.8. The number of nitrogens with one attached hydrogen (secondary N) is 2. The van der Waals surface area contributed by atoms with Crippen molar-refractivity contribution < 1.29 is 9.53 Å². The molecule has 0 bridgehead atoms. The molecular weight excluding hydrogens is 350 g/mol. The van der Waals surface area contributed by atoms with Gasteiger partial charge in [0.15, 0.2) is 5.13 Å². The Morgan fingerprint density at radius 3 is 3.12 bits per heavy atom. The third-order valence-corrected chi connectivity index (χ3v) is 5.36. The summed E-state index contributed by atoms with van der Waals surface area (Å²) < 4.78 is 5.21. The molecule has 3 rings (SSSR count). The number of amides is 1. The third kappa shape index (κ3) is 5.00. The first-order chi connectivity index (χ1) is 12.5. The molecule has 7 nitrogen and oxygen atoms in total. The lowest BCUT2D eigenvalue weighted by Gasteiger charge is -2.38. The minimum atomic E-state index is -0.0886. The Bertz CT molecular complexity index is 751. The number of rotatable bonds is 6. The number of nitrogens with zero attached hydrogens (tertiary/aromatic N) is 3. The van der Waals surface area contributed by atoms with E-state index < -0.39 is 0 Å². The molecule has 1 aliphatic rings. The van der Waals surface area contributed by atoms with Crippen LogP contribution in [0.1, 0.15) is 24.3 Å². The van der Waals surface area contributed by atoms with Crippen LogP contribution in [0.3, 0.4) is 0 Å². The van der Waals surface area contributed by atoms with E-state index in [4.69, 9.17) is 4.74 Å². The summed E-state index contributed by atoms with van der Waals surface area (Å²) in [5, 5.41) is 7.04. The molecule has 0 unspecified atom stereocenters. The largest absolute Gasteiger partial charge is 0.481 e. The van der Waals surface area contributed by atoms with E-state index in [2.05, 4.69) is 32.4 Å². The average Bonchev–Trinajstić information content (AvgIpc) is 3.04. The van der Waals surface area contributed by atoms with E-state index in [1.165, 1.54) is 23.8 Å². The van der Waals surface area contributed by atoms with Crippen LogP contribution < -0.4 is 15.4 Å². The van der Waals surface area contributed by atoms with Crippen LogP contribution >= 0.6 is 11.3 Å². The summed E-state index contributed by atoms with van der Waals surface area (Å²) in [6, 6.07) is 4.85. The summed E-state index contributed by atoms with van der Waals surface area (Å²) in [6.45, 7) is 6.48. The average molecular weight is 375 g/mol. The van der Waals surface area contributed by atoms with E-state index in [-0.39, 0.29) is 5.91 Å². The van der Waals surface area contributed by atoms with Gasteiger partial charge < -0.3 is 15.4 Å². The summed E-state index contributed by atoms with van der Waals surface area (Å²) in [7, 11) is 1.64. The number of methoxy groups -OCH3 is 1. The number of thiazole rings is 1. The molecule has 3 heterocycles. The second-order valence-electron chi connectivity index (χ2n) is 6.61. The quantitative estimate of drug-likeness (QED) is 0.803. The Balaban J connectivity index is 1.60. The topological polar surface area (TPSA) is 79.4 Å². The number of carbonyl (C=O) groups is 1. The molecule has 1 aliphatic heterocycles. The van der Waals surface area contributed by atoms with Gasteiger partial charge in [0.1, 0.15) is 0 Å². The normalized spacial score (nSPS) is 20.7. The molecule has 140 valence electrons. The van der Waals surface area contributed by atoms with Crippen LogP contribution in [0, 0.1) is 0 Å². The number of hydrogen-bond acceptors (Lipinski definition) is 7. The highest BCUT2D eigenvalue weighted by molar-refractivity contribution is 7.15. The van der Waals surface area contributed by atoms with Crippen molar-refractivity contribution in [2.75, 3.05) is 25.5 Å². The van der Waals surface area contributed by atoms with E-state index in [1.54, 1.807) is 13.3 Å². The van der Waals surface area contributed by atoms with Crippen LogP contribution in [0.2, 0.25) is 0 Å². The second kappa shape index (κ2) is 8.57. The van der Waals surface area contributed by atoms with E-state index in [9.17, 15) is 4.79 Å². The van der Waals surface area contributed by atoms with Crippen LogP contribution in [0.25, 0.3) is 0 Å². The number of anilines is 1. The van der Waals surface area contributed by atoms with Crippen LogP contribution in [0.5, 0.6) is 5.88 Å². The van der Waals surface area contributed by atoms with Gasteiger partial charge in [-0.25, -0.2) is 9.97 Å². The van der Waals surface area contributed by atoms with Crippen molar-refractivity contribution in [1.29, 1.82) is 0 Å². The van der Waals surface area contributed by atoms with Gasteiger partial charge in [-0.3, -0.25) is 9.69 Å². The third-order valence-electron chi connectivity index (χ3n) is 4.47. The minimum absolute atomic E-state index is 0.0886. The molecule has 0 spiro atoms. The molecule has 1 amide bonds. The van der Waals surface area contributed by atoms with Crippen molar-refractivity contribution in [3.63, 3.8) is 0 Å². The Kier molecular flexibility index (Phi) is 6.18. The number of hydrogen-bond donors (Lipinski definition) is 2. The molecule has 2 aromatic heterocycles. The van der Waals surface area contributed by atoms with Crippen molar-refractivity contribution in [2.45, 2.75) is 38.9 Å². The first-order valence-electron chi connectivity index (χ1n) is 8.72. The zero-order chi connectivity index (χ0) is 18.5. The molecule has 0 aliphatic carbocycles. The maximum Gasteiger partial charge on any atom is 0.223 e. The number of carbonyl (C=O) groups excluding carboxylic acids is 1. The SMILES string of the molecule is COc1cc(C[C@@H]2CN(Cc3cnc(NC(C)=O)s3)[C@@H](C)CN2)ccn1. The fraction of sp³-hybridized carbons (Fsp3) is 0.500. The van der Waals surface area contributed by atoms with Gasteiger partial charge in [0.25, 0.3) is 0 Å². The van der Waals surface area contributed by atoms with Gasteiger partial charge in [-0.2, -0.15) is 0 Å². The lowest BCUT2D eigenvalue weighted by Crippen LogP contribution is -2.55. The van der Waals surface area contributed by atoms with E-state index in [0.717, 1.165) is 30.9 Å². The van der Waals surface area contributed by atoms with Gasteiger partial charge in [0.2, 0.25) is 11.8 Å². The second-order valence-corrected chi connectivity index (χ2v) is 7.72. The lowest BCUT2D eigenvalue weighted by atomic mass is 10.0. The van der Waals surface area contributed by atoms with E-state index in [0.29, 0.717) is 23.1 Å². The molecular formula is C18H25N5O2S. The van der Waals surface area contributed by atoms with Gasteiger partial charge in [-0.15, -0.1) is 11.3 Å². The van der Waals surface area contributed by atoms with Gasteiger partial charge in [-0.05, 0) is 25.0 Å². The molecule has 26 heavy (non-hydrogen) atoms. The zero-order valence-corrected chi connectivity index (χ0v) is 16.2. The number of piperazine rings is 1. The van der Waals surface area contributed by atoms with Gasteiger partial charge in [-0.1, -0.05) is 0 Å². The van der Waals surface area contributed by atoms with Crippen molar-refractivity contribution in [3.8, 4) is 5.88 Å². The Morgan fingerprint density at radius 1 is 1.50 bits per heavy atom. The molecule has 1 fully saturated rings. The van der Waals surface area contributed by atoms with Gasteiger partial charge >= 0.3 is 0 Å². The zero-order valence-electron chi connectivity index (χ0n) is 15.4. The maximum atomic E-state index is 11.2. The molecule has 2 aromatic rings. The van der Waals surface area contributed by atoms with Crippen molar-refractivity contribution in [2.24, 2.45) is 0 Å². The molecule has 2 atom stereocenters. The molecule has 0 radical (unpaired) electrons. The predicted octanol–water partition coefficient (Wildman–Crippen LogP) is 1.91. The van der Waals surface area contributed by atoms with E-state index >= 15 is 0 Å².